The highest BCUT2D eigenvalue weighted by Gasteiger charge is 2.15. The summed E-state index contributed by atoms with van der Waals surface area (Å²) in [4.78, 5) is 12.3. The molecule has 2 aromatic heterocycles. The third kappa shape index (κ3) is 5.40. The van der Waals surface area contributed by atoms with Gasteiger partial charge in [0.1, 0.15) is 18.1 Å². The molecule has 8 heteroatoms. The van der Waals surface area contributed by atoms with E-state index in [1.807, 2.05) is 79.2 Å². The van der Waals surface area contributed by atoms with Crippen molar-refractivity contribution in [2.24, 2.45) is 0 Å². The Labute approximate surface area is 186 Å². The van der Waals surface area contributed by atoms with Crippen LogP contribution in [-0.4, -0.2) is 25.9 Å². The van der Waals surface area contributed by atoms with E-state index < -0.39 is 0 Å². The third-order valence-electron chi connectivity index (χ3n) is 4.84. The maximum absolute atomic E-state index is 12.3. The Bertz CT molecular complexity index is 1170. The highest BCUT2D eigenvalue weighted by atomic mass is 16.5. The predicted octanol–water partition coefficient (Wildman–Crippen LogP) is 4.41. The summed E-state index contributed by atoms with van der Waals surface area (Å²) in [5, 5.41) is 15.4. The number of carbonyl (C=O) groups excluding carboxylic acids is 1. The van der Waals surface area contributed by atoms with E-state index in [1.165, 1.54) is 0 Å². The van der Waals surface area contributed by atoms with Gasteiger partial charge >= 0.3 is 0 Å². The Kier molecular flexibility index (Phi) is 6.60. The Balaban J connectivity index is 1.26. The van der Waals surface area contributed by atoms with Gasteiger partial charge in [0.2, 0.25) is 11.8 Å². The van der Waals surface area contributed by atoms with Crippen LogP contribution in [-0.2, 0) is 24.4 Å². The summed E-state index contributed by atoms with van der Waals surface area (Å²) >= 11 is 0. The van der Waals surface area contributed by atoms with Gasteiger partial charge in [0.15, 0.2) is 0 Å². The van der Waals surface area contributed by atoms with Crippen molar-refractivity contribution in [3.8, 4) is 17.3 Å². The molecule has 8 nitrogen and oxygen atoms in total. The number of nitrogens with one attached hydrogen (secondary N) is 1. The lowest BCUT2D eigenvalue weighted by atomic mass is 10.2. The van der Waals surface area contributed by atoms with E-state index in [0.717, 1.165) is 22.7 Å². The van der Waals surface area contributed by atoms with Gasteiger partial charge in [0.25, 0.3) is 5.89 Å². The second kappa shape index (κ2) is 9.91. The summed E-state index contributed by atoms with van der Waals surface area (Å²) in [7, 11) is 0. The van der Waals surface area contributed by atoms with Crippen LogP contribution in [0.5, 0.6) is 5.75 Å². The quantitative estimate of drug-likeness (QED) is 0.422. The molecule has 0 bridgehead atoms. The van der Waals surface area contributed by atoms with Gasteiger partial charge in [-0.25, -0.2) is 0 Å². The molecule has 1 amide bonds. The van der Waals surface area contributed by atoms with Gasteiger partial charge in [-0.2, -0.15) is 5.10 Å². The van der Waals surface area contributed by atoms with Crippen LogP contribution in [0.25, 0.3) is 11.6 Å². The van der Waals surface area contributed by atoms with E-state index in [2.05, 4.69) is 20.6 Å². The van der Waals surface area contributed by atoms with E-state index in [1.54, 1.807) is 0 Å². The number of rotatable bonds is 9. The van der Waals surface area contributed by atoms with E-state index in [0.29, 0.717) is 37.0 Å². The van der Waals surface area contributed by atoms with Crippen LogP contribution in [0.3, 0.4) is 0 Å². The number of benzene rings is 2. The van der Waals surface area contributed by atoms with E-state index in [-0.39, 0.29) is 12.3 Å². The van der Waals surface area contributed by atoms with Crippen LogP contribution in [0.4, 0.5) is 5.69 Å². The minimum Gasteiger partial charge on any atom is -0.489 e. The molecule has 0 fully saturated rings. The zero-order chi connectivity index (χ0) is 22.3. The van der Waals surface area contributed by atoms with Gasteiger partial charge in [0.05, 0.1) is 5.69 Å². The molecule has 0 aliphatic carbocycles. The number of anilines is 1. The second-order valence-corrected chi connectivity index (χ2v) is 7.33. The van der Waals surface area contributed by atoms with Crippen molar-refractivity contribution < 1.29 is 13.9 Å². The molecule has 0 saturated heterocycles. The van der Waals surface area contributed by atoms with E-state index in [4.69, 9.17) is 9.15 Å². The van der Waals surface area contributed by atoms with Crippen molar-refractivity contribution in [1.82, 2.24) is 20.0 Å². The fourth-order valence-electron chi connectivity index (χ4n) is 3.24. The standard InChI is InChI=1S/C24H25N5O3/c1-3-29-21(15-17(2)28-29)24-27-26-23(32-24)14-13-22(30)25-19-9-11-20(12-10-19)31-16-18-7-5-4-6-8-18/h4-12,15H,3,13-14,16H2,1-2H3,(H,25,30). The van der Waals surface area contributed by atoms with E-state index in [9.17, 15) is 4.79 Å². The Morgan fingerprint density at radius 2 is 1.88 bits per heavy atom. The summed E-state index contributed by atoms with van der Waals surface area (Å²) in [6, 6.07) is 19.2. The van der Waals surface area contributed by atoms with Crippen molar-refractivity contribution in [1.29, 1.82) is 0 Å². The molecule has 4 rings (SSSR count). The largest absolute Gasteiger partial charge is 0.489 e. The molecule has 164 valence electrons. The van der Waals surface area contributed by atoms with Gasteiger partial charge in [-0.3, -0.25) is 9.48 Å². The lowest BCUT2D eigenvalue weighted by molar-refractivity contribution is -0.116. The predicted molar refractivity (Wildman–Crippen MR) is 120 cm³/mol. The fourth-order valence-corrected chi connectivity index (χ4v) is 3.24. The van der Waals surface area contributed by atoms with Gasteiger partial charge in [-0.15, -0.1) is 10.2 Å². The molecular formula is C24H25N5O3. The van der Waals surface area contributed by atoms with Gasteiger partial charge in [-0.05, 0) is 49.7 Å². The number of aromatic nitrogens is 4. The van der Waals surface area contributed by atoms with Crippen molar-refractivity contribution in [3.05, 3.63) is 77.8 Å². The Morgan fingerprint density at radius 1 is 1.09 bits per heavy atom. The first-order valence-corrected chi connectivity index (χ1v) is 10.5. The summed E-state index contributed by atoms with van der Waals surface area (Å²) < 4.78 is 13.3. The number of ether oxygens (including phenoxy) is 1. The van der Waals surface area contributed by atoms with Crippen LogP contribution in [0.1, 0.15) is 30.5 Å². The summed E-state index contributed by atoms with van der Waals surface area (Å²) in [6.45, 7) is 5.12. The maximum Gasteiger partial charge on any atom is 0.265 e. The molecule has 0 radical (unpaired) electrons. The molecule has 0 unspecified atom stereocenters. The third-order valence-corrected chi connectivity index (χ3v) is 4.84. The first-order chi connectivity index (χ1) is 15.6. The summed E-state index contributed by atoms with van der Waals surface area (Å²) in [5.74, 6) is 1.44. The van der Waals surface area contributed by atoms with Gasteiger partial charge in [-0.1, -0.05) is 30.3 Å². The van der Waals surface area contributed by atoms with Crippen LogP contribution in [0, 0.1) is 6.92 Å². The van der Waals surface area contributed by atoms with Crippen LogP contribution < -0.4 is 10.1 Å². The molecule has 0 aliphatic heterocycles. The van der Waals surface area contributed by atoms with Gasteiger partial charge in [0, 0.05) is 25.1 Å². The molecule has 0 aliphatic rings. The highest BCUT2D eigenvalue weighted by Crippen LogP contribution is 2.20. The average Bonchev–Trinajstić information content (AvgIpc) is 3.44. The average molecular weight is 431 g/mol. The monoisotopic (exact) mass is 431 g/mol. The molecule has 2 aromatic carbocycles. The lowest BCUT2D eigenvalue weighted by Gasteiger charge is -2.08. The SMILES string of the molecule is CCn1nc(C)cc1-c1nnc(CCC(=O)Nc2ccc(OCc3ccccc3)cc2)o1. The van der Waals surface area contributed by atoms with Crippen molar-refractivity contribution in [2.75, 3.05) is 5.32 Å². The molecule has 4 aromatic rings. The van der Waals surface area contributed by atoms with Crippen molar-refractivity contribution >= 4 is 11.6 Å². The molecule has 0 spiro atoms. The van der Waals surface area contributed by atoms with Crippen molar-refractivity contribution in [2.45, 2.75) is 39.8 Å². The minimum atomic E-state index is -0.128. The first kappa shape index (κ1) is 21.3. The number of hydrogen-bond acceptors (Lipinski definition) is 6. The normalized spacial score (nSPS) is 10.8. The summed E-state index contributed by atoms with van der Waals surface area (Å²) in [5.41, 5.74) is 3.47. The molecule has 0 saturated carbocycles. The molecule has 0 atom stereocenters. The number of hydrogen-bond donors (Lipinski definition) is 1. The van der Waals surface area contributed by atoms with Crippen LogP contribution >= 0.6 is 0 Å². The first-order valence-electron chi connectivity index (χ1n) is 10.5. The molecule has 1 N–H and O–H groups in total. The topological polar surface area (TPSA) is 95.1 Å². The number of aryl methyl sites for hydroxylation is 3. The van der Waals surface area contributed by atoms with Crippen LogP contribution in [0.15, 0.2) is 65.1 Å². The Hall–Kier alpha value is -3.94. The van der Waals surface area contributed by atoms with Crippen molar-refractivity contribution in [3.63, 3.8) is 0 Å². The second-order valence-electron chi connectivity index (χ2n) is 7.33. The van der Waals surface area contributed by atoms with Crippen LogP contribution in [0.2, 0.25) is 0 Å². The fraction of sp³-hybridized carbons (Fsp3) is 0.250. The maximum atomic E-state index is 12.3. The zero-order valence-electron chi connectivity index (χ0n) is 18.1. The Morgan fingerprint density at radius 3 is 2.62 bits per heavy atom. The number of carbonyl (C=O) groups is 1. The molecule has 2 heterocycles. The number of nitrogens with zero attached hydrogens (tertiary/aromatic N) is 4. The summed E-state index contributed by atoms with van der Waals surface area (Å²) in [6.07, 6.45) is 0.594. The molecular weight excluding hydrogens is 406 g/mol. The smallest absolute Gasteiger partial charge is 0.265 e. The lowest BCUT2D eigenvalue weighted by Crippen LogP contribution is -2.12. The highest BCUT2D eigenvalue weighted by molar-refractivity contribution is 5.90. The van der Waals surface area contributed by atoms with E-state index >= 15 is 0 Å². The zero-order valence-corrected chi connectivity index (χ0v) is 18.1. The molecule has 32 heavy (non-hydrogen) atoms. The van der Waals surface area contributed by atoms with Gasteiger partial charge < -0.3 is 14.5 Å². The number of amides is 1. The minimum absolute atomic E-state index is 0.128.